The zero-order valence-corrected chi connectivity index (χ0v) is 15.0. The summed E-state index contributed by atoms with van der Waals surface area (Å²) >= 11 is 0. The molecule has 1 aromatic carbocycles. The molecule has 0 bridgehead atoms. The number of carbonyl (C=O) groups is 1. The van der Waals surface area contributed by atoms with Gasteiger partial charge in [-0.1, -0.05) is 0 Å². The van der Waals surface area contributed by atoms with Gasteiger partial charge < -0.3 is 10.2 Å². The predicted octanol–water partition coefficient (Wildman–Crippen LogP) is 1.83. The Morgan fingerprint density at radius 1 is 1.31 bits per heavy atom. The first-order chi connectivity index (χ1) is 12.4. The Kier molecular flexibility index (Phi) is 4.91. The molecule has 1 unspecified atom stereocenters. The van der Waals surface area contributed by atoms with Crippen molar-refractivity contribution in [3.8, 4) is 6.07 Å². The van der Waals surface area contributed by atoms with Crippen molar-refractivity contribution in [3.05, 3.63) is 53.9 Å². The van der Waals surface area contributed by atoms with E-state index in [0.29, 0.717) is 17.7 Å². The molecule has 0 saturated carbocycles. The van der Waals surface area contributed by atoms with E-state index in [0.717, 1.165) is 5.69 Å². The van der Waals surface area contributed by atoms with Gasteiger partial charge in [0, 0.05) is 30.7 Å². The first-order valence-electron chi connectivity index (χ1n) is 8.09. The van der Waals surface area contributed by atoms with Gasteiger partial charge in [-0.3, -0.25) is 9.78 Å². The van der Waals surface area contributed by atoms with Crippen LogP contribution in [0.3, 0.4) is 0 Å². The average molecular weight is 370 g/mol. The van der Waals surface area contributed by atoms with Gasteiger partial charge in [0.2, 0.25) is 0 Å². The van der Waals surface area contributed by atoms with E-state index in [4.69, 9.17) is 5.26 Å². The maximum absolute atomic E-state index is 12.4. The first-order valence-corrected chi connectivity index (χ1v) is 9.91. The Hall–Kier alpha value is -2.92. The number of nitrogens with one attached hydrogen (secondary N) is 1. The molecule has 1 aliphatic rings. The number of nitrogens with zero attached hydrogens (tertiary/aromatic N) is 3. The number of pyridine rings is 1. The molecule has 2 heterocycles. The van der Waals surface area contributed by atoms with Gasteiger partial charge in [-0.25, -0.2) is 8.42 Å². The minimum absolute atomic E-state index is 0.100. The lowest BCUT2D eigenvalue weighted by Gasteiger charge is -2.25. The van der Waals surface area contributed by atoms with Crippen LogP contribution in [-0.2, 0) is 9.84 Å². The summed E-state index contributed by atoms with van der Waals surface area (Å²) in [5.41, 5.74) is 2.05. The molecule has 1 atom stereocenters. The van der Waals surface area contributed by atoms with Crippen LogP contribution >= 0.6 is 0 Å². The Morgan fingerprint density at radius 3 is 2.65 bits per heavy atom. The highest BCUT2D eigenvalue weighted by Crippen LogP contribution is 2.23. The van der Waals surface area contributed by atoms with Gasteiger partial charge in [0.1, 0.15) is 5.69 Å². The summed E-state index contributed by atoms with van der Waals surface area (Å²) in [6.45, 7) is 0. The normalized spacial score (nSPS) is 18.1. The molecular formula is C18H18N4O3S. The van der Waals surface area contributed by atoms with Crippen LogP contribution in [-0.4, -0.2) is 43.9 Å². The molecule has 2 aromatic rings. The third kappa shape index (κ3) is 4.00. The summed E-state index contributed by atoms with van der Waals surface area (Å²) in [4.78, 5) is 18.4. The number of hydrogen-bond acceptors (Lipinski definition) is 6. The molecule has 0 spiro atoms. The number of nitriles is 1. The largest absolute Gasteiger partial charge is 0.370 e. The molecule has 1 fully saturated rings. The molecule has 0 aliphatic carbocycles. The molecule has 1 saturated heterocycles. The van der Waals surface area contributed by atoms with Gasteiger partial charge >= 0.3 is 0 Å². The van der Waals surface area contributed by atoms with E-state index in [2.05, 4.69) is 10.3 Å². The van der Waals surface area contributed by atoms with Gasteiger partial charge in [-0.2, -0.15) is 5.26 Å². The second-order valence-electron chi connectivity index (χ2n) is 6.21. The van der Waals surface area contributed by atoms with Crippen LogP contribution in [0, 0.1) is 11.3 Å². The van der Waals surface area contributed by atoms with Crippen LogP contribution in [0.1, 0.15) is 22.5 Å². The maximum Gasteiger partial charge on any atom is 0.274 e. The van der Waals surface area contributed by atoms with E-state index in [1.54, 1.807) is 36.4 Å². The van der Waals surface area contributed by atoms with Crippen molar-refractivity contribution in [3.63, 3.8) is 0 Å². The van der Waals surface area contributed by atoms with Crippen LogP contribution < -0.4 is 10.2 Å². The molecule has 1 aliphatic heterocycles. The van der Waals surface area contributed by atoms with Crippen LogP contribution in [0.2, 0.25) is 0 Å². The Labute approximate surface area is 152 Å². The second-order valence-corrected chi connectivity index (χ2v) is 8.44. The number of carbonyl (C=O) groups excluding carboxylic acids is 1. The molecule has 134 valence electrons. The summed E-state index contributed by atoms with van der Waals surface area (Å²) in [5, 5.41) is 11.5. The summed E-state index contributed by atoms with van der Waals surface area (Å²) in [7, 11) is -1.16. The Bertz CT molecular complexity index is 965. The number of benzene rings is 1. The summed E-state index contributed by atoms with van der Waals surface area (Å²) in [6, 6.07) is 11.8. The van der Waals surface area contributed by atoms with Crippen LogP contribution in [0.4, 0.5) is 11.4 Å². The number of amides is 1. The molecule has 1 N–H and O–H groups in total. The Balaban J connectivity index is 1.73. The van der Waals surface area contributed by atoms with Crippen LogP contribution in [0.25, 0.3) is 0 Å². The zero-order chi connectivity index (χ0) is 18.7. The van der Waals surface area contributed by atoms with E-state index in [1.807, 2.05) is 18.0 Å². The molecule has 0 radical (unpaired) electrons. The number of rotatable bonds is 4. The van der Waals surface area contributed by atoms with Gasteiger partial charge in [0.05, 0.1) is 23.1 Å². The summed E-state index contributed by atoms with van der Waals surface area (Å²) < 4.78 is 23.4. The minimum atomic E-state index is -2.98. The van der Waals surface area contributed by atoms with Crippen molar-refractivity contribution in [1.29, 1.82) is 5.26 Å². The monoisotopic (exact) mass is 370 g/mol. The van der Waals surface area contributed by atoms with E-state index in [1.165, 1.54) is 6.20 Å². The Morgan fingerprint density at radius 2 is 2.04 bits per heavy atom. The third-order valence-corrected chi connectivity index (χ3v) is 6.16. The molecule has 7 nitrogen and oxygen atoms in total. The number of sulfone groups is 1. The van der Waals surface area contributed by atoms with Gasteiger partial charge in [0.15, 0.2) is 9.84 Å². The molecule has 8 heteroatoms. The lowest BCUT2D eigenvalue weighted by atomic mass is 10.2. The average Bonchev–Trinajstić information content (AvgIpc) is 3.01. The van der Waals surface area contributed by atoms with Crippen LogP contribution in [0.5, 0.6) is 0 Å². The molecule has 26 heavy (non-hydrogen) atoms. The maximum atomic E-state index is 12.4. The molecule has 1 aromatic heterocycles. The van der Waals surface area contributed by atoms with Crippen molar-refractivity contribution >= 4 is 27.1 Å². The molecule has 3 rings (SSSR count). The fourth-order valence-corrected chi connectivity index (χ4v) is 4.65. The minimum Gasteiger partial charge on any atom is -0.370 e. The highest BCUT2D eigenvalue weighted by molar-refractivity contribution is 7.91. The first kappa shape index (κ1) is 17.9. The number of hydrogen-bond donors (Lipinski definition) is 1. The van der Waals surface area contributed by atoms with E-state index >= 15 is 0 Å². The quantitative estimate of drug-likeness (QED) is 0.881. The molecule has 1 amide bonds. The highest BCUT2D eigenvalue weighted by atomic mass is 32.2. The van der Waals surface area contributed by atoms with E-state index < -0.39 is 9.84 Å². The third-order valence-electron chi connectivity index (χ3n) is 4.41. The lowest BCUT2D eigenvalue weighted by molar-refractivity contribution is 0.102. The van der Waals surface area contributed by atoms with Gasteiger partial charge in [-0.05, 0) is 42.8 Å². The second kappa shape index (κ2) is 7.14. The van der Waals surface area contributed by atoms with Crippen molar-refractivity contribution < 1.29 is 13.2 Å². The summed E-state index contributed by atoms with van der Waals surface area (Å²) in [6.07, 6.45) is 2.11. The SMILES string of the molecule is CN(c1ccnc(C(=O)Nc2ccc(C#N)cc2)c1)C1CCS(=O)(=O)C1. The topological polar surface area (TPSA) is 103 Å². The highest BCUT2D eigenvalue weighted by Gasteiger charge is 2.31. The molecular weight excluding hydrogens is 352 g/mol. The lowest BCUT2D eigenvalue weighted by Crippen LogP contribution is -2.32. The number of anilines is 2. The van der Waals surface area contributed by atoms with Crippen molar-refractivity contribution in [2.75, 3.05) is 28.8 Å². The standard InChI is InChI=1S/C18H18N4O3S/c1-22(16-7-9-26(24,25)12-16)15-6-8-20-17(10-15)18(23)21-14-4-2-13(11-19)3-5-14/h2-6,8,10,16H,7,9,12H2,1H3,(H,21,23). The van der Waals surface area contributed by atoms with E-state index in [-0.39, 0.29) is 29.1 Å². The van der Waals surface area contributed by atoms with Crippen molar-refractivity contribution in [1.82, 2.24) is 4.98 Å². The van der Waals surface area contributed by atoms with Gasteiger partial charge in [0.25, 0.3) is 5.91 Å². The van der Waals surface area contributed by atoms with Gasteiger partial charge in [-0.15, -0.1) is 0 Å². The predicted molar refractivity (Wildman–Crippen MR) is 98.8 cm³/mol. The summed E-state index contributed by atoms with van der Waals surface area (Å²) in [5.74, 6) is -0.0541. The number of aromatic nitrogens is 1. The zero-order valence-electron chi connectivity index (χ0n) is 14.2. The fraction of sp³-hybridized carbons (Fsp3) is 0.278. The smallest absolute Gasteiger partial charge is 0.274 e. The van der Waals surface area contributed by atoms with Crippen molar-refractivity contribution in [2.24, 2.45) is 0 Å². The van der Waals surface area contributed by atoms with Crippen LogP contribution in [0.15, 0.2) is 42.6 Å². The fourth-order valence-electron chi connectivity index (χ4n) is 2.88. The van der Waals surface area contributed by atoms with E-state index in [9.17, 15) is 13.2 Å². The van der Waals surface area contributed by atoms with Crippen molar-refractivity contribution in [2.45, 2.75) is 12.5 Å².